The summed E-state index contributed by atoms with van der Waals surface area (Å²) in [7, 11) is 0. The van der Waals surface area contributed by atoms with E-state index in [-0.39, 0.29) is 11.4 Å². The Balaban J connectivity index is 2.59. The highest BCUT2D eigenvalue weighted by atomic mass is 16.5. The van der Waals surface area contributed by atoms with Crippen LogP contribution in [0.15, 0.2) is 24.3 Å². The molecule has 2 N–H and O–H groups in total. The van der Waals surface area contributed by atoms with Gasteiger partial charge >= 0.3 is 6.03 Å². The molecule has 1 rings (SSSR count). The van der Waals surface area contributed by atoms with Crippen molar-refractivity contribution >= 4 is 11.7 Å². The highest BCUT2D eigenvalue weighted by Crippen LogP contribution is 2.28. The summed E-state index contributed by atoms with van der Waals surface area (Å²) in [4.78, 5) is 11.8. The molecule has 0 aliphatic rings. The van der Waals surface area contributed by atoms with Crippen molar-refractivity contribution in [3.8, 4) is 0 Å². The van der Waals surface area contributed by atoms with Gasteiger partial charge in [-0.3, -0.25) is 0 Å². The van der Waals surface area contributed by atoms with Gasteiger partial charge in [0.05, 0.1) is 6.61 Å². The van der Waals surface area contributed by atoms with Crippen LogP contribution in [-0.2, 0) is 10.2 Å². The van der Waals surface area contributed by atoms with Crippen LogP contribution in [0.3, 0.4) is 0 Å². The fourth-order valence-corrected chi connectivity index (χ4v) is 1.79. The zero-order valence-electron chi connectivity index (χ0n) is 12.2. The third-order valence-corrected chi connectivity index (χ3v) is 2.72. The van der Waals surface area contributed by atoms with E-state index in [1.165, 1.54) is 0 Å². The second-order valence-corrected chi connectivity index (χ2v) is 5.37. The molecule has 19 heavy (non-hydrogen) atoms. The van der Waals surface area contributed by atoms with Gasteiger partial charge in [0, 0.05) is 18.8 Å². The molecule has 0 aliphatic heterocycles. The van der Waals surface area contributed by atoms with Crippen molar-refractivity contribution in [1.29, 1.82) is 0 Å². The van der Waals surface area contributed by atoms with Crippen molar-refractivity contribution in [2.75, 3.05) is 25.1 Å². The summed E-state index contributed by atoms with van der Waals surface area (Å²) in [5.74, 6) is 0. The lowest BCUT2D eigenvalue weighted by atomic mass is 9.86. The van der Waals surface area contributed by atoms with Gasteiger partial charge in [-0.15, -0.1) is 0 Å². The molecule has 0 saturated carbocycles. The van der Waals surface area contributed by atoms with Gasteiger partial charge in [0.1, 0.15) is 0 Å². The lowest BCUT2D eigenvalue weighted by Gasteiger charge is -2.23. The minimum atomic E-state index is -0.198. The van der Waals surface area contributed by atoms with E-state index >= 15 is 0 Å². The predicted octanol–water partition coefficient (Wildman–Crippen LogP) is 3.14. The SMILES string of the molecule is CCOCCNC(=O)Nc1ccccc1C(C)(C)C. The summed E-state index contributed by atoms with van der Waals surface area (Å²) in [5, 5.41) is 5.66. The Morgan fingerprint density at radius 1 is 1.26 bits per heavy atom. The molecule has 106 valence electrons. The largest absolute Gasteiger partial charge is 0.380 e. The van der Waals surface area contributed by atoms with E-state index in [4.69, 9.17) is 4.74 Å². The highest BCUT2D eigenvalue weighted by molar-refractivity contribution is 5.90. The monoisotopic (exact) mass is 264 g/mol. The standard InChI is InChI=1S/C15H24N2O2/c1-5-19-11-10-16-14(18)17-13-9-7-6-8-12(13)15(2,3)4/h6-9H,5,10-11H2,1-4H3,(H2,16,17,18). The van der Waals surface area contributed by atoms with Crippen molar-refractivity contribution < 1.29 is 9.53 Å². The van der Waals surface area contributed by atoms with Crippen molar-refractivity contribution in [3.05, 3.63) is 29.8 Å². The van der Waals surface area contributed by atoms with E-state index < -0.39 is 0 Å². The fraction of sp³-hybridized carbons (Fsp3) is 0.533. The lowest BCUT2D eigenvalue weighted by molar-refractivity contribution is 0.150. The number of rotatable bonds is 5. The number of carbonyl (C=O) groups excluding carboxylic acids is 1. The number of benzene rings is 1. The summed E-state index contributed by atoms with van der Waals surface area (Å²) in [6, 6.07) is 7.67. The normalized spacial score (nSPS) is 11.2. The van der Waals surface area contributed by atoms with Gasteiger partial charge in [0.2, 0.25) is 0 Å². The first-order chi connectivity index (χ1) is 8.95. The maximum Gasteiger partial charge on any atom is 0.319 e. The third-order valence-electron chi connectivity index (χ3n) is 2.72. The quantitative estimate of drug-likeness (QED) is 0.803. The number of ether oxygens (including phenoxy) is 1. The second-order valence-electron chi connectivity index (χ2n) is 5.37. The molecule has 1 aromatic carbocycles. The molecule has 4 nitrogen and oxygen atoms in total. The van der Waals surface area contributed by atoms with Gasteiger partial charge in [-0.25, -0.2) is 4.79 Å². The summed E-state index contributed by atoms with van der Waals surface area (Å²) in [6.07, 6.45) is 0. The van der Waals surface area contributed by atoms with Crippen LogP contribution in [0.25, 0.3) is 0 Å². The summed E-state index contributed by atoms with van der Waals surface area (Å²) < 4.78 is 5.17. The first-order valence-corrected chi connectivity index (χ1v) is 6.67. The molecule has 0 aliphatic carbocycles. The molecule has 0 radical (unpaired) electrons. The molecular formula is C15H24N2O2. The molecule has 0 saturated heterocycles. The van der Waals surface area contributed by atoms with Crippen molar-refractivity contribution in [3.63, 3.8) is 0 Å². The molecule has 4 heteroatoms. The molecule has 0 fully saturated rings. The van der Waals surface area contributed by atoms with Gasteiger partial charge in [0.25, 0.3) is 0 Å². The number of urea groups is 1. The van der Waals surface area contributed by atoms with Crippen LogP contribution < -0.4 is 10.6 Å². The number of nitrogens with one attached hydrogen (secondary N) is 2. The third kappa shape index (κ3) is 5.30. The lowest BCUT2D eigenvalue weighted by Crippen LogP contribution is -2.32. The molecule has 0 unspecified atom stereocenters. The molecule has 0 spiro atoms. The Kier molecular flexibility index (Phi) is 5.83. The molecular weight excluding hydrogens is 240 g/mol. The van der Waals surface area contributed by atoms with E-state index in [1.807, 2.05) is 31.2 Å². The molecule has 1 aromatic rings. The van der Waals surface area contributed by atoms with Crippen LogP contribution in [0.1, 0.15) is 33.3 Å². The molecule has 0 atom stereocenters. The Hall–Kier alpha value is -1.55. The Morgan fingerprint density at radius 2 is 1.95 bits per heavy atom. The van der Waals surface area contributed by atoms with Crippen LogP contribution in [0.2, 0.25) is 0 Å². The number of hydrogen-bond donors (Lipinski definition) is 2. The van der Waals surface area contributed by atoms with Gasteiger partial charge < -0.3 is 15.4 Å². The van der Waals surface area contributed by atoms with Crippen molar-refractivity contribution in [2.24, 2.45) is 0 Å². The zero-order valence-corrected chi connectivity index (χ0v) is 12.2. The van der Waals surface area contributed by atoms with E-state index in [9.17, 15) is 4.79 Å². The Labute approximate surface area is 115 Å². The predicted molar refractivity (Wildman–Crippen MR) is 78.7 cm³/mol. The molecule has 0 aromatic heterocycles. The van der Waals surface area contributed by atoms with E-state index in [1.54, 1.807) is 0 Å². The minimum absolute atomic E-state index is 0.00477. The maximum absolute atomic E-state index is 11.8. The van der Waals surface area contributed by atoms with Crippen LogP contribution in [0, 0.1) is 0 Å². The first-order valence-electron chi connectivity index (χ1n) is 6.67. The van der Waals surface area contributed by atoms with Crippen molar-refractivity contribution in [2.45, 2.75) is 33.1 Å². The topological polar surface area (TPSA) is 50.4 Å². The van der Waals surface area contributed by atoms with Gasteiger partial charge in [-0.1, -0.05) is 39.0 Å². The van der Waals surface area contributed by atoms with Gasteiger partial charge in [-0.2, -0.15) is 0 Å². The highest BCUT2D eigenvalue weighted by Gasteiger charge is 2.18. The number of hydrogen-bond acceptors (Lipinski definition) is 2. The summed E-state index contributed by atoms with van der Waals surface area (Å²) in [5.41, 5.74) is 1.97. The number of para-hydroxylation sites is 1. The van der Waals surface area contributed by atoms with Crippen molar-refractivity contribution in [1.82, 2.24) is 5.32 Å². The number of anilines is 1. The molecule has 2 amide bonds. The average Bonchev–Trinajstić information content (AvgIpc) is 2.34. The number of amides is 2. The zero-order chi connectivity index (χ0) is 14.3. The first kappa shape index (κ1) is 15.5. The Bertz CT molecular complexity index is 411. The minimum Gasteiger partial charge on any atom is -0.380 e. The maximum atomic E-state index is 11.8. The van der Waals surface area contributed by atoms with Crippen LogP contribution >= 0.6 is 0 Å². The second kappa shape index (κ2) is 7.14. The van der Waals surface area contributed by atoms with E-state index in [2.05, 4.69) is 31.4 Å². The number of carbonyl (C=O) groups is 1. The van der Waals surface area contributed by atoms with Gasteiger partial charge in [-0.05, 0) is 24.0 Å². The average molecular weight is 264 g/mol. The Morgan fingerprint density at radius 3 is 2.58 bits per heavy atom. The van der Waals surface area contributed by atoms with Crippen LogP contribution in [0.5, 0.6) is 0 Å². The van der Waals surface area contributed by atoms with Crippen LogP contribution in [0.4, 0.5) is 10.5 Å². The van der Waals surface area contributed by atoms with Crippen LogP contribution in [-0.4, -0.2) is 25.8 Å². The molecule has 0 bridgehead atoms. The van der Waals surface area contributed by atoms with E-state index in [0.717, 1.165) is 11.3 Å². The summed E-state index contributed by atoms with van der Waals surface area (Å²) >= 11 is 0. The van der Waals surface area contributed by atoms with E-state index in [0.29, 0.717) is 19.8 Å². The summed E-state index contributed by atoms with van der Waals surface area (Å²) in [6.45, 7) is 10.0. The molecule has 0 heterocycles. The smallest absolute Gasteiger partial charge is 0.319 e. The van der Waals surface area contributed by atoms with Gasteiger partial charge in [0.15, 0.2) is 0 Å². The fourth-order valence-electron chi connectivity index (χ4n) is 1.79.